The number of ether oxygens (including phenoxy) is 3. The van der Waals surface area contributed by atoms with Crippen LogP contribution in [0.2, 0.25) is 0 Å². The zero-order valence-corrected chi connectivity index (χ0v) is 24.0. The van der Waals surface area contributed by atoms with Gasteiger partial charge in [-0.25, -0.2) is 4.79 Å². The molecule has 0 amide bonds. The molecule has 206 valence electrons. The van der Waals surface area contributed by atoms with Gasteiger partial charge in [-0.05, 0) is 72.1 Å². The molecule has 5 heteroatoms. The standard InChI is InChI=1S/C32H48O5/c1-7-8-9-10-11-12-13-14-22-35-31-30(36-25(4)5)27-19-16-20-28(29(27)37-32(31)33)34-23-21-26(6)18-15-17-24(2)3/h16-17,19-21,25H,7-15,18,22-23H2,1-6H3. The molecule has 0 saturated heterocycles. The second-order valence-electron chi connectivity index (χ2n) is 10.4. The minimum absolute atomic E-state index is 0.119. The first-order valence-corrected chi connectivity index (χ1v) is 14.1. The lowest BCUT2D eigenvalue weighted by atomic mass is 10.1. The van der Waals surface area contributed by atoms with Crippen LogP contribution in [0.15, 0.2) is 50.7 Å². The van der Waals surface area contributed by atoms with Crippen molar-refractivity contribution >= 4 is 11.0 Å². The first-order valence-electron chi connectivity index (χ1n) is 14.1. The topological polar surface area (TPSA) is 57.9 Å². The molecule has 0 aliphatic rings. The fraction of sp³-hybridized carbons (Fsp3) is 0.594. The van der Waals surface area contributed by atoms with Crippen LogP contribution in [-0.2, 0) is 0 Å². The Morgan fingerprint density at radius 3 is 2.30 bits per heavy atom. The molecular formula is C32H48O5. The van der Waals surface area contributed by atoms with Crippen molar-refractivity contribution in [2.75, 3.05) is 13.2 Å². The van der Waals surface area contributed by atoms with Gasteiger partial charge in [-0.1, -0.05) is 75.2 Å². The molecule has 0 bridgehead atoms. The lowest BCUT2D eigenvalue weighted by Gasteiger charge is -2.17. The van der Waals surface area contributed by atoms with Crippen molar-refractivity contribution in [3.05, 3.63) is 51.9 Å². The van der Waals surface area contributed by atoms with Crippen LogP contribution in [0.4, 0.5) is 0 Å². The number of allylic oxidation sites excluding steroid dienone is 3. The van der Waals surface area contributed by atoms with Crippen molar-refractivity contribution in [3.63, 3.8) is 0 Å². The van der Waals surface area contributed by atoms with Crippen molar-refractivity contribution in [3.8, 4) is 17.2 Å². The van der Waals surface area contributed by atoms with Crippen LogP contribution >= 0.6 is 0 Å². The predicted octanol–water partition coefficient (Wildman–Crippen LogP) is 9.17. The van der Waals surface area contributed by atoms with Gasteiger partial charge in [0.1, 0.15) is 6.61 Å². The third-order valence-corrected chi connectivity index (χ3v) is 6.17. The molecule has 0 aliphatic carbocycles. The van der Waals surface area contributed by atoms with Crippen LogP contribution in [0.3, 0.4) is 0 Å². The van der Waals surface area contributed by atoms with E-state index in [2.05, 4.69) is 39.8 Å². The lowest BCUT2D eigenvalue weighted by Crippen LogP contribution is -2.14. The highest BCUT2D eigenvalue weighted by molar-refractivity contribution is 5.89. The number of hydrogen-bond acceptors (Lipinski definition) is 5. The third-order valence-electron chi connectivity index (χ3n) is 6.17. The van der Waals surface area contributed by atoms with Gasteiger partial charge in [0, 0.05) is 0 Å². The van der Waals surface area contributed by atoms with Gasteiger partial charge in [-0.3, -0.25) is 0 Å². The molecule has 37 heavy (non-hydrogen) atoms. The summed E-state index contributed by atoms with van der Waals surface area (Å²) < 4.78 is 23.7. The first-order chi connectivity index (χ1) is 17.8. The minimum atomic E-state index is -0.535. The molecule has 0 unspecified atom stereocenters. The highest BCUT2D eigenvalue weighted by Crippen LogP contribution is 2.37. The highest BCUT2D eigenvalue weighted by atomic mass is 16.5. The minimum Gasteiger partial charge on any atom is -0.486 e. The number of hydrogen-bond donors (Lipinski definition) is 0. The van der Waals surface area contributed by atoms with Gasteiger partial charge in [0.25, 0.3) is 0 Å². The van der Waals surface area contributed by atoms with Crippen LogP contribution in [0.5, 0.6) is 17.2 Å². The molecule has 0 saturated carbocycles. The zero-order chi connectivity index (χ0) is 27.0. The number of benzene rings is 1. The Balaban J connectivity index is 2.09. The van der Waals surface area contributed by atoms with Crippen molar-refractivity contribution in [1.29, 1.82) is 0 Å². The van der Waals surface area contributed by atoms with E-state index in [4.69, 9.17) is 18.6 Å². The molecule has 0 spiro atoms. The molecule has 0 radical (unpaired) electrons. The second-order valence-corrected chi connectivity index (χ2v) is 10.4. The molecule has 1 aromatic carbocycles. The Hall–Kier alpha value is -2.69. The largest absolute Gasteiger partial charge is 0.486 e. The summed E-state index contributed by atoms with van der Waals surface area (Å²) in [6.07, 6.45) is 15.8. The van der Waals surface area contributed by atoms with E-state index in [0.29, 0.717) is 35.7 Å². The fourth-order valence-electron chi connectivity index (χ4n) is 4.12. The van der Waals surface area contributed by atoms with E-state index >= 15 is 0 Å². The average molecular weight is 513 g/mol. The quantitative estimate of drug-likeness (QED) is 0.113. The first kappa shape index (κ1) is 30.5. The Morgan fingerprint density at radius 2 is 1.62 bits per heavy atom. The Bertz CT molecular complexity index is 1060. The van der Waals surface area contributed by atoms with Crippen LogP contribution in [0.25, 0.3) is 11.0 Å². The number of fused-ring (bicyclic) bond motifs is 1. The van der Waals surface area contributed by atoms with E-state index in [-0.39, 0.29) is 11.9 Å². The van der Waals surface area contributed by atoms with Crippen molar-refractivity contribution in [2.45, 2.75) is 112 Å². The Morgan fingerprint density at radius 1 is 0.919 bits per heavy atom. The summed E-state index contributed by atoms with van der Waals surface area (Å²) in [7, 11) is 0. The number of unbranched alkanes of at least 4 members (excludes halogenated alkanes) is 7. The van der Waals surface area contributed by atoms with E-state index in [1.54, 1.807) is 0 Å². The van der Waals surface area contributed by atoms with Crippen LogP contribution < -0.4 is 19.8 Å². The van der Waals surface area contributed by atoms with Crippen LogP contribution in [-0.4, -0.2) is 19.3 Å². The van der Waals surface area contributed by atoms with Gasteiger partial charge >= 0.3 is 5.63 Å². The summed E-state index contributed by atoms with van der Waals surface area (Å²) in [4.78, 5) is 13.0. The molecule has 2 aromatic rings. The SMILES string of the molecule is CCCCCCCCCCOc1c(OC(C)C)c2cccc(OCC=C(C)CCC=C(C)C)c2oc1=O. The number of para-hydroxylation sites is 1. The van der Waals surface area contributed by atoms with Gasteiger partial charge in [0.2, 0.25) is 5.75 Å². The average Bonchev–Trinajstić information content (AvgIpc) is 2.84. The molecule has 5 nitrogen and oxygen atoms in total. The lowest BCUT2D eigenvalue weighted by molar-refractivity contribution is 0.216. The van der Waals surface area contributed by atoms with E-state index < -0.39 is 5.63 Å². The molecule has 1 aromatic heterocycles. The monoisotopic (exact) mass is 512 g/mol. The summed E-state index contributed by atoms with van der Waals surface area (Å²) in [6.45, 7) is 13.3. The number of rotatable bonds is 18. The van der Waals surface area contributed by atoms with Crippen molar-refractivity contribution in [1.82, 2.24) is 0 Å². The second kappa shape index (κ2) is 16.9. The maximum atomic E-state index is 13.0. The summed E-state index contributed by atoms with van der Waals surface area (Å²) in [5.41, 5.74) is 2.44. The zero-order valence-electron chi connectivity index (χ0n) is 24.0. The molecular weight excluding hydrogens is 464 g/mol. The van der Waals surface area contributed by atoms with Crippen molar-refractivity contribution in [2.24, 2.45) is 0 Å². The van der Waals surface area contributed by atoms with E-state index in [9.17, 15) is 4.79 Å². The van der Waals surface area contributed by atoms with Gasteiger partial charge < -0.3 is 18.6 Å². The third kappa shape index (κ3) is 11.1. The predicted molar refractivity (Wildman–Crippen MR) is 154 cm³/mol. The van der Waals surface area contributed by atoms with Crippen LogP contribution in [0, 0.1) is 0 Å². The Labute approximate surface area is 223 Å². The van der Waals surface area contributed by atoms with Gasteiger partial charge in [-0.2, -0.15) is 0 Å². The molecule has 0 fully saturated rings. The van der Waals surface area contributed by atoms with Crippen molar-refractivity contribution < 1.29 is 18.6 Å². The van der Waals surface area contributed by atoms with Gasteiger partial charge in [0.15, 0.2) is 17.1 Å². The maximum Gasteiger partial charge on any atom is 0.383 e. The van der Waals surface area contributed by atoms with E-state index in [1.807, 2.05) is 32.0 Å². The molecule has 0 aliphatic heterocycles. The van der Waals surface area contributed by atoms with Gasteiger partial charge in [-0.15, -0.1) is 0 Å². The van der Waals surface area contributed by atoms with E-state index in [1.165, 1.54) is 49.7 Å². The van der Waals surface area contributed by atoms with Gasteiger partial charge in [0.05, 0.1) is 18.1 Å². The highest BCUT2D eigenvalue weighted by Gasteiger charge is 2.21. The summed E-state index contributed by atoms with van der Waals surface area (Å²) >= 11 is 0. The summed E-state index contributed by atoms with van der Waals surface area (Å²) in [6, 6.07) is 5.59. The molecule has 2 rings (SSSR count). The Kier molecular flexibility index (Phi) is 14.0. The molecule has 0 atom stereocenters. The summed E-state index contributed by atoms with van der Waals surface area (Å²) in [5, 5.41) is 0.681. The van der Waals surface area contributed by atoms with E-state index in [0.717, 1.165) is 25.7 Å². The maximum absolute atomic E-state index is 13.0. The molecule has 1 heterocycles. The summed E-state index contributed by atoms with van der Waals surface area (Å²) in [5.74, 6) is 1.10. The fourth-order valence-corrected chi connectivity index (χ4v) is 4.12. The smallest absolute Gasteiger partial charge is 0.383 e. The molecule has 0 N–H and O–H groups in total. The normalized spacial score (nSPS) is 11.7. The van der Waals surface area contributed by atoms with Crippen LogP contribution in [0.1, 0.15) is 106 Å².